The van der Waals surface area contributed by atoms with Gasteiger partial charge in [0, 0.05) is 31.1 Å². The molecule has 3 nitrogen and oxygen atoms in total. The van der Waals surface area contributed by atoms with Gasteiger partial charge in [0.25, 0.3) is 0 Å². The molecular formula is C14H29NO2S. The van der Waals surface area contributed by atoms with Crippen molar-refractivity contribution in [3.8, 4) is 0 Å². The van der Waals surface area contributed by atoms with E-state index in [-0.39, 0.29) is 6.29 Å². The summed E-state index contributed by atoms with van der Waals surface area (Å²) < 4.78 is 11.5. The van der Waals surface area contributed by atoms with Crippen LogP contribution in [0.15, 0.2) is 0 Å². The number of rotatable bonds is 9. The van der Waals surface area contributed by atoms with Crippen molar-refractivity contribution in [2.45, 2.75) is 57.0 Å². The molecule has 1 fully saturated rings. The topological polar surface area (TPSA) is 30.5 Å². The predicted octanol–water partition coefficient (Wildman–Crippen LogP) is 3.04. The minimum atomic E-state index is -0.0949. The van der Waals surface area contributed by atoms with Crippen LogP contribution in [0.1, 0.15) is 46.0 Å². The molecule has 0 atom stereocenters. The van der Waals surface area contributed by atoms with Gasteiger partial charge in [-0.15, -0.1) is 0 Å². The van der Waals surface area contributed by atoms with Gasteiger partial charge in [-0.2, -0.15) is 11.8 Å². The molecular weight excluding hydrogens is 246 g/mol. The van der Waals surface area contributed by atoms with Crippen molar-refractivity contribution in [3.63, 3.8) is 0 Å². The number of ether oxygens (including phenoxy) is 2. The third-order valence-corrected chi connectivity index (χ3v) is 5.08. The Morgan fingerprint density at radius 1 is 1.11 bits per heavy atom. The molecule has 0 heterocycles. The second-order valence-corrected chi connectivity index (χ2v) is 6.19. The van der Waals surface area contributed by atoms with E-state index in [2.05, 4.69) is 11.6 Å². The summed E-state index contributed by atoms with van der Waals surface area (Å²) in [5.74, 6) is 0. The lowest BCUT2D eigenvalue weighted by Crippen LogP contribution is -2.42. The first kappa shape index (κ1) is 16.3. The van der Waals surface area contributed by atoms with E-state index in [0.29, 0.717) is 18.0 Å². The summed E-state index contributed by atoms with van der Waals surface area (Å²) in [7, 11) is 0. The molecule has 4 heteroatoms. The van der Waals surface area contributed by atoms with Crippen molar-refractivity contribution in [1.29, 1.82) is 0 Å². The minimum Gasteiger partial charge on any atom is -0.352 e. The molecule has 0 aromatic heterocycles. The van der Waals surface area contributed by atoms with E-state index < -0.39 is 0 Å². The van der Waals surface area contributed by atoms with Crippen LogP contribution < -0.4 is 5.32 Å². The van der Waals surface area contributed by atoms with Crippen LogP contribution in [0.4, 0.5) is 0 Å². The maximum Gasteiger partial charge on any atom is 0.169 e. The fourth-order valence-corrected chi connectivity index (χ4v) is 3.55. The van der Waals surface area contributed by atoms with Gasteiger partial charge in [0.2, 0.25) is 0 Å². The number of hydrogen-bond donors (Lipinski definition) is 1. The van der Waals surface area contributed by atoms with Crippen molar-refractivity contribution >= 4 is 11.8 Å². The summed E-state index contributed by atoms with van der Waals surface area (Å²) in [4.78, 5) is 0. The largest absolute Gasteiger partial charge is 0.352 e. The summed E-state index contributed by atoms with van der Waals surface area (Å²) in [5.41, 5.74) is 0. The zero-order valence-electron chi connectivity index (χ0n) is 12.2. The summed E-state index contributed by atoms with van der Waals surface area (Å²) in [6, 6.07) is 0. The SMILES string of the molecule is CCOC(CNCC1(SC)CCCCC1)OCC. The molecule has 0 unspecified atom stereocenters. The van der Waals surface area contributed by atoms with E-state index in [1.165, 1.54) is 32.1 Å². The third-order valence-electron chi connectivity index (χ3n) is 3.66. The van der Waals surface area contributed by atoms with Gasteiger partial charge in [-0.25, -0.2) is 0 Å². The van der Waals surface area contributed by atoms with Crippen molar-refractivity contribution < 1.29 is 9.47 Å². The normalized spacial score (nSPS) is 19.3. The molecule has 1 aliphatic carbocycles. The first-order chi connectivity index (χ1) is 8.76. The van der Waals surface area contributed by atoms with Crippen LogP contribution in [0.5, 0.6) is 0 Å². The highest BCUT2D eigenvalue weighted by molar-refractivity contribution is 8.00. The Bertz CT molecular complexity index is 202. The molecule has 0 aliphatic heterocycles. The van der Waals surface area contributed by atoms with Crippen LogP contribution in [0.2, 0.25) is 0 Å². The Kier molecular flexibility index (Phi) is 8.31. The molecule has 18 heavy (non-hydrogen) atoms. The fourth-order valence-electron chi connectivity index (χ4n) is 2.60. The second-order valence-electron chi connectivity index (χ2n) is 4.92. The van der Waals surface area contributed by atoms with Crippen LogP contribution in [-0.2, 0) is 9.47 Å². The van der Waals surface area contributed by atoms with Crippen LogP contribution in [-0.4, -0.2) is 43.6 Å². The predicted molar refractivity (Wildman–Crippen MR) is 79.2 cm³/mol. The van der Waals surface area contributed by atoms with E-state index in [0.717, 1.165) is 13.1 Å². The van der Waals surface area contributed by atoms with E-state index in [4.69, 9.17) is 9.47 Å². The van der Waals surface area contributed by atoms with Gasteiger partial charge in [0.15, 0.2) is 6.29 Å². The quantitative estimate of drug-likeness (QED) is 0.655. The average Bonchev–Trinajstić information content (AvgIpc) is 2.40. The van der Waals surface area contributed by atoms with Gasteiger partial charge in [0.1, 0.15) is 0 Å². The Hall–Kier alpha value is 0.230. The molecule has 0 spiro atoms. The van der Waals surface area contributed by atoms with Gasteiger partial charge in [-0.05, 0) is 32.9 Å². The lowest BCUT2D eigenvalue weighted by Gasteiger charge is -2.36. The Labute approximate surface area is 116 Å². The molecule has 0 aromatic carbocycles. The first-order valence-corrected chi connectivity index (χ1v) is 8.48. The number of thioether (sulfide) groups is 1. The van der Waals surface area contributed by atoms with E-state index >= 15 is 0 Å². The average molecular weight is 275 g/mol. The third kappa shape index (κ3) is 5.47. The summed E-state index contributed by atoms with van der Waals surface area (Å²) in [6.07, 6.45) is 9.00. The smallest absolute Gasteiger partial charge is 0.169 e. The van der Waals surface area contributed by atoms with Crippen LogP contribution in [0.25, 0.3) is 0 Å². The van der Waals surface area contributed by atoms with E-state index in [1.807, 2.05) is 25.6 Å². The summed E-state index contributed by atoms with van der Waals surface area (Å²) in [5, 5.41) is 3.55. The highest BCUT2D eigenvalue weighted by Crippen LogP contribution is 2.37. The van der Waals surface area contributed by atoms with E-state index in [1.54, 1.807) is 0 Å². The zero-order valence-corrected chi connectivity index (χ0v) is 13.0. The molecule has 0 saturated heterocycles. The van der Waals surface area contributed by atoms with Crippen molar-refractivity contribution in [2.24, 2.45) is 0 Å². The molecule has 108 valence electrons. The Balaban J connectivity index is 2.28. The molecule has 0 bridgehead atoms. The molecule has 1 rings (SSSR count). The maximum atomic E-state index is 5.55. The molecule has 0 aromatic rings. The van der Waals surface area contributed by atoms with Crippen LogP contribution in [0.3, 0.4) is 0 Å². The Morgan fingerprint density at radius 2 is 1.72 bits per heavy atom. The zero-order chi connectivity index (χ0) is 13.3. The highest BCUT2D eigenvalue weighted by Gasteiger charge is 2.30. The monoisotopic (exact) mass is 275 g/mol. The second kappa shape index (κ2) is 9.18. The molecule has 1 N–H and O–H groups in total. The molecule has 1 aliphatic rings. The van der Waals surface area contributed by atoms with Crippen molar-refractivity contribution in [2.75, 3.05) is 32.6 Å². The molecule has 1 saturated carbocycles. The minimum absolute atomic E-state index is 0.0949. The highest BCUT2D eigenvalue weighted by atomic mass is 32.2. The van der Waals surface area contributed by atoms with Gasteiger partial charge >= 0.3 is 0 Å². The van der Waals surface area contributed by atoms with E-state index in [9.17, 15) is 0 Å². The lowest BCUT2D eigenvalue weighted by molar-refractivity contribution is -0.133. The first-order valence-electron chi connectivity index (χ1n) is 7.25. The molecule has 0 radical (unpaired) electrons. The van der Waals surface area contributed by atoms with Gasteiger partial charge < -0.3 is 14.8 Å². The standard InChI is InChI=1S/C14H29NO2S/c1-4-16-13(17-5-2)11-15-12-14(18-3)9-7-6-8-10-14/h13,15H,4-12H2,1-3H3. The number of nitrogens with one attached hydrogen (secondary N) is 1. The fraction of sp³-hybridized carbons (Fsp3) is 1.00. The molecule has 0 amide bonds. The van der Waals surface area contributed by atoms with Crippen molar-refractivity contribution in [1.82, 2.24) is 5.32 Å². The van der Waals surface area contributed by atoms with Crippen LogP contribution >= 0.6 is 11.8 Å². The van der Waals surface area contributed by atoms with Crippen LogP contribution in [0, 0.1) is 0 Å². The van der Waals surface area contributed by atoms with Crippen molar-refractivity contribution in [3.05, 3.63) is 0 Å². The lowest BCUT2D eigenvalue weighted by atomic mass is 9.88. The van der Waals surface area contributed by atoms with Gasteiger partial charge in [0.05, 0.1) is 0 Å². The Morgan fingerprint density at radius 3 is 2.22 bits per heavy atom. The summed E-state index contributed by atoms with van der Waals surface area (Å²) >= 11 is 2.03. The van der Waals surface area contributed by atoms with Gasteiger partial charge in [-0.1, -0.05) is 19.3 Å². The number of hydrogen-bond acceptors (Lipinski definition) is 4. The summed E-state index contributed by atoms with van der Waals surface area (Å²) in [6.45, 7) is 7.31. The maximum absolute atomic E-state index is 5.55. The van der Waals surface area contributed by atoms with Gasteiger partial charge in [-0.3, -0.25) is 0 Å².